The summed E-state index contributed by atoms with van der Waals surface area (Å²) in [5.41, 5.74) is 2.10. The van der Waals surface area contributed by atoms with Crippen molar-refractivity contribution in [2.45, 2.75) is 38.9 Å². The number of likely N-dealkylation sites (N-methyl/N-ethyl adjacent to an activating group) is 1. The summed E-state index contributed by atoms with van der Waals surface area (Å²) in [6.07, 6.45) is -1.96. The van der Waals surface area contributed by atoms with Crippen molar-refractivity contribution >= 4 is 28.5 Å². The molecule has 7 nitrogen and oxygen atoms in total. The summed E-state index contributed by atoms with van der Waals surface area (Å²) >= 11 is 0. The fourth-order valence-electron chi connectivity index (χ4n) is 3.46. The van der Waals surface area contributed by atoms with Gasteiger partial charge in [-0.2, -0.15) is 0 Å². The summed E-state index contributed by atoms with van der Waals surface area (Å²) < 4.78 is 14.5. The Bertz CT molecular complexity index is 898. The lowest BCUT2D eigenvalue weighted by Crippen LogP contribution is -2.51. The summed E-state index contributed by atoms with van der Waals surface area (Å²) in [6.45, 7) is 3.58. The molecule has 4 N–H and O–H groups in total. The Morgan fingerprint density at radius 3 is 2.30 bits per heavy atom. The highest BCUT2D eigenvalue weighted by molar-refractivity contribution is 5.93. The second-order valence-electron chi connectivity index (χ2n) is 7.63. The summed E-state index contributed by atoms with van der Waals surface area (Å²) in [4.78, 5) is 36.8. The maximum Gasteiger partial charge on any atom is 0.278 e. The number of nitrogens with one attached hydrogen (secondary N) is 3. The van der Waals surface area contributed by atoms with E-state index in [9.17, 15) is 18.8 Å². The van der Waals surface area contributed by atoms with Crippen LogP contribution in [0.2, 0.25) is 0 Å². The predicted molar refractivity (Wildman–Crippen MR) is 111 cm³/mol. The summed E-state index contributed by atoms with van der Waals surface area (Å²) in [7, 11) is 1.45. The zero-order valence-corrected chi connectivity index (χ0v) is 17.3. The van der Waals surface area contributed by atoms with Gasteiger partial charge in [-0.15, -0.1) is 0 Å². The number of alkyl halides is 1. The molecule has 0 heterocycles. The first-order chi connectivity index (χ1) is 14.3. The third kappa shape index (κ3) is 5.76. The first-order valence-electron chi connectivity index (χ1n) is 9.85. The first-order valence-corrected chi connectivity index (χ1v) is 9.85. The van der Waals surface area contributed by atoms with E-state index in [0.717, 1.165) is 16.3 Å². The normalized spacial score (nSPS) is 14.1. The average molecular weight is 417 g/mol. The fraction of sp³-hybridized carbons (Fsp3) is 0.409. The minimum atomic E-state index is -2.24. The van der Waals surface area contributed by atoms with Gasteiger partial charge in [0.2, 0.25) is 11.8 Å². The van der Waals surface area contributed by atoms with Gasteiger partial charge in [0.25, 0.3) is 5.91 Å². The van der Waals surface area contributed by atoms with E-state index in [4.69, 9.17) is 5.21 Å². The van der Waals surface area contributed by atoms with Crippen LogP contribution in [0.1, 0.15) is 25.8 Å². The van der Waals surface area contributed by atoms with Crippen LogP contribution in [0.25, 0.3) is 10.8 Å². The minimum Gasteiger partial charge on any atom is -0.357 e. The van der Waals surface area contributed by atoms with E-state index in [0.29, 0.717) is 0 Å². The number of carbonyl (C=O) groups is 3. The third-order valence-corrected chi connectivity index (χ3v) is 4.96. The van der Waals surface area contributed by atoms with Gasteiger partial charge in [0.15, 0.2) is 6.17 Å². The number of fused-ring (bicyclic) bond motifs is 1. The zero-order valence-electron chi connectivity index (χ0n) is 17.3. The van der Waals surface area contributed by atoms with E-state index < -0.39 is 35.9 Å². The standard InChI is InChI=1S/C22H28FN3O4/c1-13(2)11-17(19(23)22(29)26-30)20(27)25-18(21(28)24-3)12-15-9-6-8-14-7-4-5-10-16(14)15/h4-10,13,17-19,30H,11-12H2,1-3H3,(H,24,28)(H,25,27)(H,26,29)/t17-,18+,19-/m1/s1. The smallest absolute Gasteiger partial charge is 0.278 e. The molecule has 8 heteroatoms. The van der Waals surface area contributed by atoms with E-state index in [2.05, 4.69) is 10.6 Å². The van der Waals surface area contributed by atoms with Crippen molar-refractivity contribution in [3.05, 3.63) is 48.0 Å². The van der Waals surface area contributed by atoms with E-state index in [-0.39, 0.29) is 18.8 Å². The van der Waals surface area contributed by atoms with Gasteiger partial charge >= 0.3 is 0 Å². The molecule has 162 valence electrons. The van der Waals surface area contributed by atoms with E-state index in [1.165, 1.54) is 12.5 Å². The van der Waals surface area contributed by atoms with Crippen molar-refractivity contribution in [2.24, 2.45) is 11.8 Å². The summed E-state index contributed by atoms with van der Waals surface area (Å²) in [6, 6.07) is 12.4. The first kappa shape index (κ1) is 23.3. The number of hydrogen-bond acceptors (Lipinski definition) is 4. The number of hydroxylamine groups is 1. The predicted octanol–water partition coefficient (Wildman–Crippen LogP) is 2.12. The molecule has 0 fully saturated rings. The maximum atomic E-state index is 14.5. The molecule has 0 saturated carbocycles. The molecule has 0 unspecified atom stereocenters. The van der Waals surface area contributed by atoms with Gasteiger partial charge in [0, 0.05) is 13.5 Å². The number of halogens is 1. The van der Waals surface area contributed by atoms with E-state index >= 15 is 0 Å². The van der Waals surface area contributed by atoms with Crippen molar-refractivity contribution in [2.75, 3.05) is 7.05 Å². The summed E-state index contributed by atoms with van der Waals surface area (Å²) in [5.74, 6) is -3.89. The van der Waals surface area contributed by atoms with E-state index in [1.807, 2.05) is 42.5 Å². The molecule has 2 rings (SSSR count). The Morgan fingerprint density at radius 2 is 1.67 bits per heavy atom. The highest BCUT2D eigenvalue weighted by atomic mass is 19.1. The van der Waals surface area contributed by atoms with Gasteiger partial charge in [0.05, 0.1) is 5.92 Å². The van der Waals surface area contributed by atoms with Gasteiger partial charge < -0.3 is 10.6 Å². The molecule has 0 spiro atoms. The van der Waals surface area contributed by atoms with Gasteiger partial charge in [-0.25, -0.2) is 9.87 Å². The Kier molecular flexibility index (Phi) is 8.29. The van der Waals surface area contributed by atoms with Gasteiger partial charge in [-0.05, 0) is 28.7 Å². The van der Waals surface area contributed by atoms with Crippen molar-refractivity contribution in [3.8, 4) is 0 Å². The number of benzene rings is 2. The molecule has 0 bridgehead atoms. The molecule has 30 heavy (non-hydrogen) atoms. The van der Waals surface area contributed by atoms with E-state index in [1.54, 1.807) is 13.8 Å². The highest BCUT2D eigenvalue weighted by Crippen LogP contribution is 2.22. The zero-order chi connectivity index (χ0) is 22.3. The van der Waals surface area contributed by atoms with Gasteiger partial charge in [0.1, 0.15) is 6.04 Å². The average Bonchev–Trinajstić information content (AvgIpc) is 2.75. The Balaban J connectivity index is 2.28. The highest BCUT2D eigenvalue weighted by Gasteiger charge is 2.36. The second kappa shape index (κ2) is 10.7. The van der Waals surface area contributed by atoms with Crippen molar-refractivity contribution in [1.82, 2.24) is 16.1 Å². The minimum absolute atomic E-state index is 0.0785. The molecule has 2 aromatic rings. The lowest BCUT2D eigenvalue weighted by atomic mass is 9.90. The Labute approximate surface area is 175 Å². The molecule has 2 aromatic carbocycles. The molecule has 0 saturated heterocycles. The van der Waals surface area contributed by atoms with Crippen LogP contribution in [-0.2, 0) is 20.8 Å². The number of carbonyl (C=O) groups excluding carboxylic acids is 3. The van der Waals surface area contributed by atoms with Crippen LogP contribution in [0.15, 0.2) is 42.5 Å². The van der Waals surface area contributed by atoms with Crippen LogP contribution in [0.5, 0.6) is 0 Å². The molecule has 0 aromatic heterocycles. The third-order valence-electron chi connectivity index (χ3n) is 4.96. The van der Waals surface area contributed by atoms with Crippen LogP contribution >= 0.6 is 0 Å². The van der Waals surface area contributed by atoms with Crippen LogP contribution in [-0.4, -0.2) is 42.2 Å². The summed E-state index contributed by atoms with van der Waals surface area (Å²) in [5, 5.41) is 15.8. The van der Waals surface area contributed by atoms with Crippen molar-refractivity contribution in [1.29, 1.82) is 0 Å². The quantitative estimate of drug-likeness (QED) is 0.370. The van der Waals surface area contributed by atoms with Crippen LogP contribution < -0.4 is 16.1 Å². The number of hydrogen-bond donors (Lipinski definition) is 4. The van der Waals surface area contributed by atoms with Crippen LogP contribution in [0.3, 0.4) is 0 Å². The second-order valence-corrected chi connectivity index (χ2v) is 7.63. The van der Waals surface area contributed by atoms with Gasteiger partial charge in [-0.1, -0.05) is 56.3 Å². The van der Waals surface area contributed by atoms with Crippen LogP contribution in [0.4, 0.5) is 4.39 Å². The molecule has 3 amide bonds. The van der Waals surface area contributed by atoms with Crippen molar-refractivity contribution in [3.63, 3.8) is 0 Å². The molecule has 0 radical (unpaired) electrons. The lowest BCUT2D eigenvalue weighted by Gasteiger charge is -2.24. The maximum absolute atomic E-state index is 14.5. The molecular weight excluding hydrogens is 389 g/mol. The molecule has 0 aliphatic carbocycles. The largest absolute Gasteiger partial charge is 0.357 e. The fourth-order valence-corrected chi connectivity index (χ4v) is 3.46. The van der Waals surface area contributed by atoms with Crippen molar-refractivity contribution < 1.29 is 24.0 Å². The lowest BCUT2D eigenvalue weighted by molar-refractivity contribution is -0.142. The molecule has 0 aliphatic rings. The number of rotatable bonds is 9. The topological polar surface area (TPSA) is 108 Å². The molecular formula is C22H28FN3O4. The number of amides is 3. The van der Waals surface area contributed by atoms with Gasteiger partial charge in [-0.3, -0.25) is 19.6 Å². The van der Waals surface area contributed by atoms with Crippen LogP contribution in [0, 0.1) is 11.8 Å². The monoisotopic (exact) mass is 417 g/mol. The Morgan fingerprint density at radius 1 is 1.00 bits per heavy atom. The SMILES string of the molecule is CNC(=O)[C@H](Cc1cccc2ccccc12)NC(=O)[C@H](CC(C)C)[C@@H](F)C(=O)NO. The molecule has 3 atom stereocenters. The molecule has 0 aliphatic heterocycles. The Hall–Kier alpha value is -3.00.